The Labute approximate surface area is 144 Å². The van der Waals surface area contributed by atoms with Crippen LogP contribution in [0.3, 0.4) is 0 Å². The van der Waals surface area contributed by atoms with E-state index in [9.17, 15) is 19.2 Å². The summed E-state index contributed by atoms with van der Waals surface area (Å²) >= 11 is 0. The molecule has 1 aliphatic rings. The molecule has 0 N–H and O–H groups in total. The lowest BCUT2D eigenvalue weighted by atomic mass is 10.2. The number of esters is 1. The van der Waals surface area contributed by atoms with E-state index in [1.807, 2.05) is 0 Å². The third-order valence-corrected chi connectivity index (χ3v) is 3.97. The first-order valence-corrected chi connectivity index (χ1v) is 7.93. The molecule has 1 fully saturated rings. The minimum Gasteiger partial charge on any atom is -0.619 e. The van der Waals surface area contributed by atoms with E-state index in [2.05, 4.69) is 0 Å². The number of benzene rings is 1. The van der Waals surface area contributed by atoms with Gasteiger partial charge < -0.3 is 14.8 Å². The van der Waals surface area contributed by atoms with Crippen LogP contribution >= 0.6 is 0 Å². The van der Waals surface area contributed by atoms with E-state index in [0.717, 1.165) is 12.8 Å². The maximum absolute atomic E-state index is 13.8. The topological polar surface area (TPSA) is 73.6 Å². The largest absolute Gasteiger partial charge is 0.619 e. The van der Waals surface area contributed by atoms with Crippen LogP contribution < -0.4 is 4.73 Å². The van der Waals surface area contributed by atoms with Gasteiger partial charge in [0.15, 0.2) is 19.0 Å². The van der Waals surface area contributed by atoms with Crippen molar-refractivity contribution in [2.45, 2.75) is 25.4 Å². The number of carbonyl (C=O) groups excluding carboxylic acids is 2. The van der Waals surface area contributed by atoms with Crippen LogP contribution in [0.25, 0.3) is 0 Å². The summed E-state index contributed by atoms with van der Waals surface area (Å²) in [7, 11) is 0. The third-order valence-electron chi connectivity index (χ3n) is 3.97. The highest BCUT2D eigenvalue weighted by molar-refractivity contribution is 5.91. The molecule has 1 aromatic carbocycles. The van der Waals surface area contributed by atoms with Gasteiger partial charge in [-0.2, -0.15) is 4.73 Å². The summed E-state index contributed by atoms with van der Waals surface area (Å²) < 4.78 is 19.4. The van der Waals surface area contributed by atoms with Gasteiger partial charge in [-0.25, -0.2) is 9.18 Å². The fourth-order valence-corrected chi connectivity index (χ4v) is 2.46. The number of hydrogen-bond acceptors (Lipinski definition) is 4. The molecule has 1 amide bonds. The lowest BCUT2D eigenvalue weighted by Crippen LogP contribution is -2.36. The molecule has 0 saturated heterocycles. The number of rotatable bonds is 6. The second-order valence-corrected chi connectivity index (χ2v) is 5.87. The zero-order valence-corrected chi connectivity index (χ0v) is 13.4. The smallest absolute Gasteiger partial charge is 0.339 e. The van der Waals surface area contributed by atoms with Crippen LogP contribution in [-0.4, -0.2) is 29.4 Å². The summed E-state index contributed by atoms with van der Waals surface area (Å²) in [6.45, 7) is -0.273. The molecular formula is C18H17FN2O4. The fourth-order valence-electron chi connectivity index (χ4n) is 2.46. The van der Waals surface area contributed by atoms with E-state index < -0.39 is 12.6 Å². The molecule has 7 heteroatoms. The van der Waals surface area contributed by atoms with Crippen molar-refractivity contribution < 1.29 is 23.4 Å². The molecule has 25 heavy (non-hydrogen) atoms. The van der Waals surface area contributed by atoms with Crippen molar-refractivity contribution in [3.8, 4) is 0 Å². The van der Waals surface area contributed by atoms with Gasteiger partial charge in [-0.3, -0.25) is 4.79 Å². The first-order chi connectivity index (χ1) is 12.0. The van der Waals surface area contributed by atoms with Crippen molar-refractivity contribution in [3.05, 3.63) is 70.9 Å². The van der Waals surface area contributed by atoms with E-state index in [4.69, 9.17) is 4.74 Å². The molecule has 1 heterocycles. The zero-order valence-electron chi connectivity index (χ0n) is 13.4. The predicted octanol–water partition coefficient (Wildman–Crippen LogP) is 1.81. The van der Waals surface area contributed by atoms with Crippen LogP contribution in [0.1, 0.15) is 28.8 Å². The normalized spacial score (nSPS) is 13.3. The summed E-state index contributed by atoms with van der Waals surface area (Å²) in [6, 6.07) is 8.98. The molecule has 0 atom stereocenters. The molecule has 1 aromatic heterocycles. The van der Waals surface area contributed by atoms with Crippen molar-refractivity contribution >= 4 is 11.9 Å². The van der Waals surface area contributed by atoms with Gasteiger partial charge in [0.2, 0.25) is 0 Å². The SMILES string of the molecule is O=C(OCC(=O)N(Cc1ccccc1F)C1CC1)c1cc[n+]([O-])cc1. The Hall–Kier alpha value is -2.96. The van der Waals surface area contributed by atoms with Gasteiger partial charge in [0.05, 0.1) is 5.56 Å². The number of ether oxygens (including phenoxy) is 1. The maximum atomic E-state index is 13.8. The number of nitrogens with zero attached hydrogens (tertiary/aromatic N) is 2. The van der Waals surface area contributed by atoms with Gasteiger partial charge in [-0.15, -0.1) is 0 Å². The van der Waals surface area contributed by atoms with E-state index in [1.54, 1.807) is 23.1 Å². The highest BCUT2D eigenvalue weighted by Crippen LogP contribution is 2.29. The zero-order chi connectivity index (χ0) is 17.8. The van der Waals surface area contributed by atoms with Gasteiger partial charge in [-0.05, 0) is 18.9 Å². The van der Waals surface area contributed by atoms with Crippen LogP contribution in [0.4, 0.5) is 4.39 Å². The first-order valence-electron chi connectivity index (χ1n) is 7.93. The number of halogens is 1. The molecule has 0 spiro atoms. The molecule has 0 radical (unpaired) electrons. The lowest BCUT2D eigenvalue weighted by molar-refractivity contribution is -0.605. The maximum Gasteiger partial charge on any atom is 0.339 e. The van der Waals surface area contributed by atoms with Crippen LogP contribution in [0.5, 0.6) is 0 Å². The summed E-state index contributed by atoms with van der Waals surface area (Å²) in [4.78, 5) is 25.9. The number of carbonyl (C=O) groups is 2. The minimum atomic E-state index is -0.685. The second kappa shape index (κ2) is 7.29. The van der Waals surface area contributed by atoms with Crippen LogP contribution in [0.2, 0.25) is 0 Å². The quantitative estimate of drug-likeness (QED) is 0.455. The van der Waals surface area contributed by atoms with Gasteiger partial charge in [-0.1, -0.05) is 18.2 Å². The lowest BCUT2D eigenvalue weighted by Gasteiger charge is -2.22. The second-order valence-electron chi connectivity index (χ2n) is 5.87. The summed E-state index contributed by atoms with van der Waals surface area (Å²) in [6.07, 6.45) is 4.06. The molecule has 6 nitrogen and oxygen atoms in total. The van der Waals surface area contributed by atoms with E-state index in [1.165, 1.54) is 30.6 Å². The van der Waals surface area contributed by atoms with Crippen molar-refractivity contribution in [1.29, 1.82) is 0 Å². The molecule has 0 bridgehead atoms. The average molecular weight is 344 g/mol. The molecule has 3 rings (SSSR count). The highest BCUT2D eigenvalue weighted by Gasteiger charge is 2.33. The third kappa shape index (κ3) is 4.32. The van der Waals surface area contributed by atoms with E-state index >= 15 is 0 Å². The number of amides is 1. The van der Waals surface area contributed by atoms with Gasteiger partial charge in [0.25, 0.3) is 5.91 Å². The molecule has 1 aliphatic carbocycles. The van der Waals surface area contributed by atoms with Crippen molar-refractivity contribution in [2.24, 2.45) is 0 Å². The van der Waals surface area contributed by atoms with Crippen molar-refractivity contribution in [3.63, 3.8) is 0 Å². The average Bonchev–Trinajstić information content (AvgIpc) is 3.44. The molecule has 130 valence electrons. The molecular weight excluding hydrogens is 327 g/mol. The predicted molar refractivity (Wildman–Crippen MR) is 85.7 cm³/mol. The molecule has 2 aromatic rings. The minimum absolute atomic E-state index is 0.0574. The van der Waals surface area contributed by atoms with Gasteiger partial charge >= 0.3 is 5.97 Å². The number of pyridine rings is 1. The Kier molecular flexibility index (Phi) is 4.92. The summed E-state index contributed by atoms with van der Waals surface area (Å²) in [5.41, 5.74) is 0.615. The van der Waals surface area contributed by atoms with Crippen molar-refractivity contribution in [2.75, 3.05) is 6.61 Å². The number of aromatic nitrogens is 1. The monoisotopic (exact) mass is 344 g/mol. The molecule has 0 unspecified atom stereocenters. The van der Waals surface area contributed by atoms with Gasteiger partial charge in [0.1, 0.15) is 5.82 Å². The Morgan fingerprint density at radius 3 is 2.52 bits per heavy atom. The first kappa shape index (κ1) is 16.9. The highest BCUT2D eigenvalue weighted by atomic mass is 19.1. The Morgan fingerprint density at radius 2 is 1.88 bits per heavy atom. The number of hydrogen-bond donors (Lipinski definition) is 0. The van der Waals surface area contributed by atoms with Crippen molar-refractivity contribution in [1.82, 2.24) is 4.90 Å². The van der Waals surface area contributed by atoms with E-state index in [0.29, 0.717) is 10.3 Å². The Morgan fingerprint density at radius 1 is 1.20 bits per heavy atom. The Balaban J connectivity index is 1.61. The van der Waals surface area contributed by atoms with Crippen LogP contribution in [0.15, 0.2) is 48.8 Å². The van der Waals surface area contributed by atoms with Crippen LogP contribution in [0, 0.1) is 11.0 Å². The summed E-state index contributed by atoms with van der Waals surface area (Å²) in [5.74, 6) is -1.42. The van der Waals surface area contributed by atoms with Gasteiger partial charge in [0, 0.05) is 30.3 Å². The fraction of sp³-hybridized carbons (Fsp3) is 0.278. The van der Waals surface area contributed by atoms with Crippen LogP contribution in [-0.2, 0) is 16.1 Å². The Bertz CT molecular complexity index is 775. The van der Waals surface area contributed by atoms with E-state index in [-0.39, 0.29) is 29.9 Å². The summed E-state index contributed by atoms with van der Waals surface area (Å²) in [5, 5.41) is 11.0. The molecule has 1 saturated carbocycles. The standard InChI is InChI=1S/C18H17FN2O4/c19-16-4-2-1-3-14(16)11-21(15-5-6-15)17(22)12-25-18(23)13-7-9-20(24)10-8-13/h1-4,7-10,15H,5-6,11-12H2. The molecule has 0 aliphatic heterocycles.